The summed E-state index contributed by atoms with van der Waals surface area (Å²) in [4.78, 5) is 12.0. The topological polar surface area (TPSA) is 63.7 Å². The molecule has 7 heteroatoms. The van der Waals surface area contributed by atoms with Crippen LogP contribution in [0.1, 0.15) is 23.2 Å². The van der Waals surface area contributed by atoms with Crippen LogP contribution in [0.5, 0.6) is 5.75 Å². The number of fused-ring (bicyclic) bond motifs is 1. The molecule has 0 bridgehead atoms. The van der Waals surface area contributed by atoms with Gasteiger partial charge in [-0.2, -0.15) is 0 Å². The molecule has 0 amide bonds. The van der Waals surface area contributed by atoms with Gasteiger partial charge in [-0.15, -0.1) is 0 Å². The van der Waals surface area contributed by atoms with Crippen LogP contribution in [0.3, 0.4) is 0 Å². The van der Waals surface area contributed by atoms with Crippen molar-refractivity contribution in [3.63, 3.8) is 0 Å². The van der Waals surface area contributed by atoms with E-state index in [2.05, 4.69) is 0 Å². The van der Waals surface area contributed by atoms with E-state index in [4.69, 9.17) is 4.74 Å². The monoisotopic (exact) mass is 349 g/mol. The van der Waals surface area contributed by atoms with Gasteiger partial charge in [0, 0.05) is 18.5 Å². The molecular formula is C17H16FNO4S. The fourth-order valence-corrected chi connectivity index (χ4v) is 4.28. The number of halogens is 1. The van der Waals surface area contributed by atoms with Crippen LogP contribution in [0.2, 0.25) is 0 Å². The van der Waals surface area contributed by atoms with E-state index in [-0.39, 0.29) is 29.4 Å². The van der Waals surface area contributed by atoms with Crippen LogP contribution < -0.4 is 9.04 Å². The molecule has 0 aromatic heterocycles. The fraction of sp³-hybridized carbons (Fsp3) is 0.235. The van der Waals surface area contributed by atoms with Gasteiger partial charge in [0.05, 0.1) is 17.7 Å². The maximum absolute atomic E-state index is 13.9. The molecule has 0 saturated carbocycles. The van der Waals surface area contributed by atoms with Gasteiger partial charge in [-0.05, 0) is 36.8 Å². The van der Waals surface area contributed by atoms with E-state index < -0.39 is 15.8 Å². The Hall–Kier alpha value is -2.41. The van der Waals surface area contributed by atoms with E-state index in [1.165, 1.54) is 23.5 Å². The second-order valence-electron chi connectivity index (χ2n) is 5.42. The third-order valence-electron chi connectivity index (χ3n) is 3.95. The van der Waals surface area contributed by atoms with Crippen LogP contribution in [-0.2, 0) is 10.0 Å². The van der Waals surface area contributed by atoms with Crippen LogP contribution in [0.15, 0.2) is 47.4 Å². The molecule has 1 aliphatic rings. The Morgan fingerprint density at radius 2 is 1.92 bits per heavy atom. The highest BCUT2D eigenvalue weighted by molar-refractivity contribution is 7.92. The number of benzene rings is 2. The van der Waals surface area contributed by atoms with Gasteiger partial charge in [0.1, 0.15) is 0 Å². The molecule has 5 nitrogen and oxygen atoms in total. The average Bonchev–Trinajstić information content (AvgIpc) is 2.74. The molecule has 0 N–H and O–H groups in total. The first-order chi connectivity index (χ1) is 11.4. The van der Waals surface area contributed by atoms with E-state index in [0.29, 0.717) is 17.7 Å². The molecule has 24 heavy (non-hydrogen) atoms. The molecule has 2 aromatic rings. The van der Waals surface area contributed by atoms with E-state index in [1.807, 2.05) is 0 Å². The fourth-order valence-electron chi connectivity index (χ4n) is 2.75. The second-order valence-corrected chi connectivity index (χ2v) is 7.28. The summed E-state index contributed by atoms with van der Waals surface area (Å²) in [7, 11) is -2.68. The largest absolute Gasteiger partial charge is 0.494 e. The lowest BCUT2D eigenvalue weighted by molar-refractivity contribution is 0.0984. The molecule has 2 aromatic carbocycles. The highest BCUT2D eigenvalue weighted by atomic mass is 32.2. The highest BCUT2D eigenvalue weighted by Gasteiger charge is 2.30. The SMILES string of the molecule is COc1ccc(S(=O)(=O)N2CCCC(=O)c3ccccc32)cc1F. The Morgan fingerprint density at radius 3 is 2.62 bits per heavy atom. The molecule has 126 valence electrons. The molecule has 1 aliphatic heterocycles. The summed E-state index contributed by atoms with van der Waals surface area (Å²) < 4.78 is 45.9. The van der Waals surface area contributed by atoms with Crippen molar-refractivity contribution in [2.24, 2.45) is 0 Å². The Kier molecular flexibility index (Phi) is 4.28. The van der Waals surface area contributed by atoms with Crippen LogP contribution in [0, 0.1) is 5.82 Å². The molecule has 3 rings (SSSR count). The minimum Gasteiger partial charge on any atom is -0.494 e. The minimum atomic E-state index is -3.98. The predicted molar refractivity (Wildman–Crippen MR) is 87.5 cm³/mol. The quantitative estimate of drug-likeness (QED) is 0.854. The number of para-hydroxylation sites is 1. The number of rotatable bonds is 3. The minimum absolute atomic E-state index is 0.0274. The van der Waals surface area contributed by atoms with E-state index in [9.17, 15) is 17.6 Å². The number of ether oxygens (including phenoxy) is 1. The number of nitrogens with zero attached hydrogens (tertiary/aromatic N) is 1. The number of ketones is 1. The third-order valence-corrected chi connectivity index (χ3v) is 5.76. The van der Waals surface area contributed by atoms with Crippen LogP contribution in [0.4, 0.5) is 10.1 Å². The van der Waals surface area contributed by atoms with E-state index >= 15 is 0 Å². The van der Waals surface area contributed by atoms with Gasteiger partial charge in [-0.1, -0.05) is 12.1 Å². The highest BCUT2D eigenvalue weighted by Crippen LogP contribution is 2.32. The van der Waals surface area contributed by atoms with Gasteiger partial charge in [-0.25, -0.2) is 12.8 Å². The number of sulfonamides is 1. The smallest absolute Gasteiger partial charge is 0.264 e. The van der Waals surface area contributed by atoms with Gasteiger partial charge in [-0.3, -0.25) is 9.10 Å². The number of anilines is 1. The third kappa shape index (κ3) is 2.75. The van der Waals surface area contributed by atoms with Crippen LogP contribution in [-0.4, -0.2) is 27.9 Å². The molecule has 0 atom stereocenters. The van der Waals surface area contributed by atoms with Gasteiger partial charge in [0.2, 0.25) is 0 Å². The first-order valence-corrected chi connectivity index (χ1v) is 8.87. The Morgan fingerprint density at radius 1 is 1.17 bits per heavy atom. The number of Topliss-reactive ketones (excluding diaryl/α,β-unsaturated/α-hetero) is 1. The number of carbonyl (C=O) groups is 1. The van der Waals surface area contributed by atoms with Gasteiger partial charge < -0.3 is 4.74 Å². The van der Waals surface area contributed by atoms with Crippen molar-refractivity contribution in [2.75, 3.05) is 18.0 Å². The summed E-state index contributed by atoms with van der Waals surface area (Å²) in [6.45, 7) is 0.165. The van der Waals surface area contributed by atoms with Crippen molar-refractivity contribution in [2.45, 2.75) is 17.7 Å². The first-order valence-electron chi connectivity index (χ1n) is 7.43. The molecule has 0 radical (unpaired) electrons. The van der Waals surface area contributed by atoms with Crippen molar-refractivity contribution < 1.29 is 22.3 Å². The zero-order valence-electron chi connectivity index (χ0n) is 13.0. The average molecular weight is 349 g/mol. The van der Waals surface area contributed by atoms with Gasteiger partial charge in [0.25, 0.3) is 10.0 Å². The normalized spacial score (nSPS) is 14.9. The second kappa shape index (κ2) is 6.24. The standard InChI is InChI=1S/C17H16FNO4S/c1-23-17-9-8-12(11-14(17)18)24(21,22)19-10-4-7-16(20)13-5-2-3-6-15(13)19/h2-3,5-6,8-9,11H,4,7,10H2,1H3. The molecule has 0 aliphatic carbocycles. The lowest BCUT2D eigenvalue weighted by Gasteiger charge is -2.24. The number of carbonyl (C=O) groups excluding carboxylic acids is 1. The van der Waals surface area contributed by atoms with E-state index in [1.54, 1.807) is 24.3 Å². The van der Waals surface area contributed by atoms with Crippen LogP contribution in [0.25, 0.3) is 0 Å². The molecule has 0 unspecified atom stereocenters. The molecule has 0 saturated heterocycles. The molecule has 0 fully saturated rings. The maximum atomic E-state index is 13.9. The Bertz CT molecular complexity index is 895. The summed E-state index contributed by atoms with van der Waals surface area (Å²) in [6.07, 6.45) is 0.686. The van der Waals surface area contributed by atoms with Crippen molar-refractivity contribution in [3.8, 4) is 5.75 Å². The zero-order chi connectivity index (χ0) is 17.3. The van der Waals surface area contributed by atoms with Gasteiger partial charge in [0.15, 0.2) is 17.3 Å². The zero-order valence-corrected chi connectivity index (χ0v) is 13.8. The van der Waals surface area contributed by atoms with Crippen molar-refractivity contribution >= 4 is 21.5 Å². The Labute approximate surface area is 139 Å². The van der Waals surface area contributed by atoms with E-state index in [0.717, 1.165) is 6.07 Å². The van der Waals surface area contributed by atoms with Crippen molar-refractivity contribution in [1.82, 2.24) is 0 Å². The first kappa shape index (κ1) is 16.4. The molecule has 0 spiro atoms. The summed E-state index contributed by atoms with van der Waals surface area (Å²) in [5.74, 6) is -0.873. The lowest BCUT2D eigenvalue weighted by atomic mass is 10.1. The molecular weight excluding hydrogens is 333 g/mol. The van der Waals surface area contributed by atoms with Crippen molar-refractivity contribution in [3.05, 3.63) is 53.8 Å². The summed E-state index contributed by atoms with van der Waals surface area (Å²) in [6, 6.07) is 10.1. The maximum Gasteiger partial charge on any atom is 0.264 e. The summed E-state index contributed by atoms with van der Waals surface area (Å²) in [5, 5.41) is 0. The summed E-state index contributed by atoms with van der Waals surface area (Å²) >= 11 is 0. The Balaban J connectivity index is 2.11. The summed E-state index contributed by atoms with van der Waals surface area (Å²) in [5.41, 5.74) is 0.698. The van der Waals surface area contributed by atoms with Gasteiger partial charge >= 0.3 is 0 Å². The number of hydrogen-bond donors (Lipinski definition) is 0. The number of methoxy groups -OCH3 is 1. The van der Waals surface area contributed by atoms with Crippen molar-refractivity contribution in [1.29, 1.82) is 0 Å². The number of hydrogen-bond acceptors (Lipinski definition) is 4. The lowest BCUT2D eigenvalue weighted by Crippen LogP contribution is -2.32. The predicted octanol–water partition coefficient (Wildman–Crippen LogP) is 3.01. The van der Waals surface area contributed by atoms with Crippen LogP contribution >= 0.6 is 0 Å². The molecule has 1 heterocycles.